The molecule has 3 heterocycles. The molecule has 14 heteroatoms. The average molecular weight is 625 g/mol. The highest BCUT2D eigenvalue weighted by Gasteiger charge is 2.81. The molecule has 2 bridgehead atoms. The molecule has 0 radical (unpaired) electrons. The van der Waals surface area contributed by atoms with E-state index in [4.69, 9.17) is 18.9 Å². The second-order valence-corrected chi connectivity index (χ2v) is 12.3. The lowest BCUT2D eigenvalue weighted by atomic mass is 9.62. The SMILES string of the molecule is COC(=O)[C@@]12Oc3ccc(-c4ccc5c(c4O)C(=O)C4(O)C6CC(C)C(O)[C@]4(O5)C(=O)O6)c(O)c3C(O)=C1C(=O)CC(C)C2O. The van der Waals surface area contributed by atoms with Crippen LogP contribution in [0, 0.1) is 11.8 Å². The maximum atomic E-state index is 13.9. The zero-order valence-electron chi connectivity index (χ0n) is 24.1. The number of hydrogen-bond donors (Lipinski definition) is 6. The maximum absolute atomic E-state index is 13.9. The van der Waals surface area contributed by atoms with Crippen molar-refractivity contribution < 1.29 is 68.8 Å². The van der Waals surface area contributed by atoms with E-state index in [-0.39, 0.29) is 35.5 Å². The predicted molar refractivity (Wildman–Crippen MR) is 147 cm³/mol. The van der Waals surface area contributed by atoms with Gasteiger partial charge in [-0.3, -0.25) is 9.59 Å². The van der Waals surface area contributed by atoms with E-state index in [0.29, 0.717) is 0 Å². The molecule has 2 saturated carbocycles. The molecule has 1 saturated heterocycles. The Morgan fingerprint density at radius 2 is 1.49 bits per heavy atom. The van der Waals surface area contributed by atoms with Crippen LogP contribution in [0.15, 0.2) is 29.8 Å². The number of phenolic OH excluding ortho intramolecular Hbond substituents is 2. The highest BCUT2D eigenvalue weighted by molar-refractivity contribution is 6.16. The molecule has 8 atom stereocenters. The van der Waals surface area contributed by atoms with Gasteiger partial charge in [-0.1, -0.05) is 13.8 Å². The molecular formula is C31H28O14. The van der Waals surface area contributed by atoms with Crippen LogP contribution in [0.2, 0.25) is 0 Å². The van der Waals surface area contributed by atoms with Crippen molar-refractivity contribution in [3.8, 4) is 34.1 Å². The van der Waals surface area contributed by atoms with Crippen LogP contribution in [0.25, 0.3) is 16.9 Å². The van der Waals surface area contributed by atoms with Crippen LogP contribution < -0.4 is 9.47 Å². The number of phenols is 2. The fraction of sp³-hybridized carbons (Fsp3) is 0.419. The molecule has 14 nitrogen and oxygen atoms in total. The summed E-state index contributed by atoms with van der Waals surface area (Å²) in [6, 6.07) is 4.86. The number of fused-ring (bicyclic) bond motifs is 3. The molecule has 0 amide bonds. The molecule has 6 N–H and O–H groups in total. The third kappa shape index (κ3) is 3.13. The molecule has 0 spiro atoms. The molecule has 45 heavy (non-hydrogen) atoms. The molecular weight excluding hydrogens is 596 g/mol. The number of carbonyl (C=O) groups is 4. The molecule has 5 aliphatic rings. The van der Waals surface area contributed by atoms with E-state index in [1.54, 1.807) is 6.92 Å². The second kappa shape index (κ2) is 8.96. The predicted octanol–water partition coefficient (Wildman–Crippen LogP) is 0.679. The first-order valence-corrected chi connectivity index (χ1v) is 14.2. The van der Waals surface area contributed by atoms with Gasteiger partial charge in [0, 0.05) is 17.5 Å². The lowest BCUT2D eigenvalue weighted by Crippen LogP contribution is -2.76. The minimum absolute atomic E-state index is 0.0607. The van der Waals surface area contributed by atoms with Gasteiger partial charge >= 0.3 is 11.9 Å². The number of carbonyl (C=O) groups excluding carboxylic acids is 4. The summed E-state index contributed by atoms with van der Waals surface area (Å²) in [4.78, 5) is 53.0. The Hall–Kier alpha value is -4.66. The fourth-order valence-corrected chi connectivity index (χ4v) is 7.58. The number of Topliss-reactive ketones (excluding diaryl/α,β-unsaturated/α-hetero) is 2. The summed E-state index contributed by atoms with van der Waals surface area (Å²) in [6.45, 7) is 3.13. The van der Waals surface area contributed by atoms with Crippen molar-refractivity contribution in [3.63, 3.8) is 0 Å². The topological polar surface area (TPSA) is 227 Å². The van der Waals surface area contributed by atoms with Gasteiger partial charge in [-0.15, -0.1) is 0 Å². The number of esters is 2. The fourth-order valence-electron chi connectivity index (χ4n) is 7.58. The summed E-state index contributed by atoms with van der Waals surface area (Å²) >= 11 is 0. The first-order valence-electron chi connectivity index (χ1n) is 14.2. The van der Waals surface area contributed by atoms with Crippen molar-refractivity contribution in [3.05, 3.63) is 41.0 Å². The summed E-state index contributed by atoms with van der Waals surface area (Å²) in [5.41, 5.74) is -9.52. The van der Waals surface area contributed by atoms with Gasteiger partial charge in [0.1, 0.15) is 58.2 Å². The molecule has 236 valence electrons. The third-order valence-corrected chi connectivity index (χ3v) is 9.89. The van der Waals surface area contributed by atoms with Crippen LogP contribution in [-0.2, 0) is 23.9 Å². The minimum atomic E-state index is -2.68. The third-order valence-electron chi connectivity index (χ3n) is 9.89. The van der Waals surface area contributed by atoms with Crippen LogP contribution >= 0.6 is 0 Å². The quantitative estimate of drug-likeness (QED) is 0.253. The maximum Gasteiger partial charge on any atom is 0.358 e. The first-order chi connectivity index (χ1) is 21.2. The van der Waals surface area contributed by atoms with E-state index in [2.05, 4.69) is 0 Å². The Bertz CT molecular complexity index is 1790. The smallest absolute Gasteiger partial charge is 0.358 e. The molecule has 6 unspecified atom stereocenters. The molecule has 2 aliphatic carbocycles. The van der Waals surface area contributed by atoms with Gasteiger partial charge in [0.05, 0.1) is 12.7 Å². The summed E-state index contributed by atoms with van der Waals surface area (Å²) in [7, 11) is 1.02. The average Bonchev–Trinajstić information content (AvgIpc) is 3.15. The number of rotatable bonds is 2. The Morgan fingerprint density at radius 1 is 0.889 bits per heavy atom. The highest BCUT2D eigenvalue weighted by atomic mass is 16.6. The number of methoxy groups -OCH3 is 1. The summed E-state index contributed by atoms with van der Waals surface area (Å²) < 4.78 is 21.8. The Labute approximate surface area is 254 Å². The number of ether oxygens (including phenoxy) is 4. The van der Waals surface area contributed by atoms with Gasteiger partial charge < -0.3 is 49.6 Å². The van der Waals surface area contributed by atoms with Crippen molar-refractivity contribution >= 4 is 29.3 Å². The second-order valence-electron chi connectivity index (χ2n) is 12.3. The van der Waals surface area contributed by atoms with E-state index in [0.717, 1.165) is 7.11 Å². The number of benzene rings is 2. The summed E-state index contributed by atoms with van der Waals surface area (Å²) in [5, 5.41) is 67.8. The van der Waals surface area contributed by atoms with Crippen LogP contribution in [-0.4, -0.2) is 96.4 Å². The summed E-state index contributed by atoms with van der Waals surface area (Å²) in [6.07, 6.45) is -4.90. The zero-order valence-corrected chi connectivity index (χ0v) is 24.1. The molecule has 2 aromatic carbocycles. The van der Waals surface area contributed by atoms with E-state index >= 15 is 0 Å². The number of aromatic hydroxyl groups is 2. The molecule has 7 rings (SSSR count). The van der Waals surface area contributed by atoms with Gasteiger partial charge in [-0.05, 0) is 42.5 Å². The van der Waals surface area contributed by atoms with E-state index in [1.165, 1.54) is 31.2 Å². The van der Waals surface area contributed by atoms with Gasteiger partial charge in [0.2, 0.25) is 11.4 Å². The van der Waals surface area contributed by atoms with Crippen LogP contribution in [0.3, 0.4) is 0 Å². The number of ketones is 2. The van der Waals surface area contributed by atoms with Crippen LogP contribution in [0.5, 0.6) is 23.0 Å². The Balaban J connectivity index is 1.39. The number of aliphatic hydroxyl groups is 4. The number of hydrogen-bond acceptors (Lipinski definition) is 14. The largest absolute Gasteiger partial charge is 0.506 e. The monoisotopic (exact) mass is 624 g/mol. The highest BCUT2D eigenvalue weighted by Crippen LogP contribution is 2.58. The summed E-state index contributed by atoms with van der Waals surface area (Å²) in [5.74, 6) is -8.48. The van der Waals surface area contributed by atoms with Gasteiger partial charge in [0.15, 0.2) is 5.78 Å². The van der Waals surface area contributed by atoms with E-state index < -0.39 is 104 Å². The molecule has 2 aromatic rings. The normalized spacial score (nSPS) is 36.1. The lowest BCUT2D eigenvalue weighted by Gasteiger charge is -2.49. The van der Waals surface area contributed by atoms with Gasteiger partial charge in [-0.25, -0.2) is 9.59 Å². The van der Waals surface area contributed by atoms with E-state index in [9.17, 15) is 49.8 Å². The Kier molecular flexibility index (Phi) is 5.79. The van der Waals surface area contributed by atoms with Gasteiger partial charge in [0.25, 0.3) is 11.2 Å². The van der Waals surface area contributed by atoms with Crippen LogP contribution in [0.1, 0.15) is 42.6 Å². The van der Waals surface area contributed by atoms with Gasteiger partial charge in [-0.2, -0.15) is 0 Å². The van der Waals surface area contributed by atoms with Crippen molar-refractivity contribution in [1.29, 1.82) is 0 Å². The number of aliphatic hydroxyl groups excluding tert-OH is 3. The lowest BCUT2D eigenvalue weighted by molar-refractivity contribution is -0.192. The van der Waals surface area contributed by atoms with Crippen molar-refractivity contribution in [2.45, 2.75) is 61.8 Å². The van der Waals surface area contributed by atoms with Crippen molar-refractivity contribution in [2.75, 3.05) is 7.11 Å². The Morgan fingerprint density at radius 3 is 2.11 bits per heavy atom. The van der Waals surface area contributed by atoms with Crippen molar-refractivity contribution in [1.82, 2.24) is 0 Å². The molecule has 3 aliphatic heterocycles. The molecule has 3 fully saturated rings. The first kappa shape index (κ1) is 29.1. The zero-order chi connectivity index (χ0) is 32.5. The standard InChI is InChI=1S/C31H28O14/c1-10-8-14(32)20-23(35)18-15(44-29(20,24(10)36)27(39)42-3)6-4-12(21(18)33)13-5-7-16-19(22(13)34)26(38)30(41)17-9-11(2)25(37)31(30,45-16)28(40)43-17/h4-7,10-11,17,24-25,33-37,41H,8-9H2,1-3H3/t10?,11?,17?,24?,25?,29-,30?,31+/m1/s1. The van der Waals surface area contributed by atoms with Crippen molar-refractivity contribution in [2.24, 2.45) is 11.8 Å². The van der Waals surface area contributed by atoms with Crippen LogP contribution in [0.4, 0.5) is 0 Å². The van der Waals surface area contributed by atoms with E-state index in [1.807, 2.05) is 0 Å². The molecule has 0 aromatic heterocycles. The minimum Gasteiger partial charge on any atom is -0.506 e.